The van der Waals surface area contributed by atoms with Gasteiger partial charge in [0.05, 0.1) is 16.1 Å². The van der Waals surface area contributed by atoms with Gasteiger partial charge in [-0.05, 0) is 31.0 Å². The standard InChI is InChI=1S/C20H19ClN4/c1-3-14-8-10-25(11-9-14)19-12-15(16(21)13-22-19)20-23-17-6-4-5-7-18(17)24(20)2/h1,4-7,12-14H,8-11H2,2H3. The first-order chi connectivity index (χ1) is 12.2. The Kier molecular flexibility index (Phi) is 4.10. The summed E-state index contributed by atoms with van der Waals surface area (Å²) < 4.78 is 2.07. The molecule has 1 aliphatic heterocycles. The number of halogens is 1. The highest BCUT2D eigenvalue weighted by molar-refractivity contribution is 6.33. The average Bonchev–Trinajstić information content (AvgIpc) is 2.99. The van der Waals surface area contributed by atoms with Gasteiger partial charge >= 0.3 is 0 Å². The van der Waals surface area contributed by atoms with Gasteiger partial charge in [0.25, 0.3) is 0 Å². The fourth-order valence-corrected chi connectivity index (χ4v) is 3.62. The molecule has 0 unspecified atom stereocenters. The van der Waals surface area contributed by atoms with Crippen LogP contribution >= 0.6 is 11.6 Å². The number of nitrogens with zero attached hydrogens (tertiary/aromatic N) is 4. The third kappa shape index (κ3) is 2.85. The number of rotatable bonds is 2. The predicted molar refractivity (Wildman–Crippen MR) is 103 cm³/mol. The Bertz CT molecular complexity index is 961. The van der Waals surface area contributed by atoms with Crippen molar-refractivity contribution in [1.29, 1.82) is 0 Å². The second-order valence-electron chi connectivity index (χ2n) is 6.43. The van der Waals surface area contributed by atoms with Crippen molar-refractivity contribution in [3.63, 3.8) is 0 Å². The lowest BCUT2D eigenvalue weighted by molar-refractivity contribution is 0.489. The van der Waals surface area contributed by atoms with Gasteiger partial charge in [0.1, 0.15) is 11.6 Å². The number of aromatic nitrogens is 3. The Morgan fingerprint density at radius 1 is 1.24 bits per heavy atom. The van der Waals surface area contributed by atoms with Crippen LogP contribution in [-0.2, 0) is 7.05 Å². The van der Waals surface area contributed by atoms with E-state index in [1.165, 1.54) is 0 Å². The van der Waals surface area contributed by atoms with Crippen molar-refractivity contribution in [3.8, 4) is 23.7 Å². The molecule has 0 amide bonds. The lowest BCUT2D eigenvalue weighted by atomic mass is 9.98. The summed E-state index contributed by atoms with van der Waals surface area (Å²) in [5, 5.41) is 0.612. The van der Waals surface area contributed by atoms with Crippen LogP contribution in [0.2, 0.25) is 5.02 Å². The van der Waals surface area contributed by atoms with Crippen LogP contribution in [0.25, 0.3) is 22.4 Å². The number of benzene rings is 1. The summed E-state index contributed by atoms with van der Waals surface area (Å²) in [6.07, 6.45) is 9.27. The predicted octanol–water partition coefficient (Wildman–Crippen LogP) is 4.14. The van der Waals surface area contributed by atoms with Gasteiger partial charge in [0.15, 0.2) is 0 Å². The smallest absolute Gasteiger partial charge is 0.142 e. The summed E-state index contributed by atoms with van der Waals surface area (Å²) in [5.41, 5.74) is 2.95. The number of hydrogen-bond donors (Lipinski definition) is 0. The van der Waals surface area contributed by atoms with Gasteiger partial charge in [-0.1, -0.05) is 23.7 Å². The zero-order chi connectivity index (χ0) is 17.4. The number of imidazole rings is 1. The van der Waals surface area contributed by atoms with Crippen molar-refractivity contribution in [3.05, 3.63) is 41.6 Å². The fraction of sp³-hybridized carbons (Fsp3) is 0.300. The van der Waals surface area contributed by atoms with Gasteiger partial charge in [-0.15, -0.1) is 12.3 Å². The Morgan fingerprint density at radius 3 is 2.72 bits per heavy atom. The molecule has 0 bridgehead atoms. The van der Waals surface area contributed by atoms with E-state index in [1.807, 2.05) is 31.3 Å². The minimum Gasteiger partial charge on any atom is -0.357 e. The number of pyridine rings is 1. The van der Waals surface area contributed by atoms with Crippen LogP contribution in [0, 0.1) is 18.3 Å². The molecule has 1 aliphatic rings. The molecule has 1 fully saturated rings. The Labute approximate surface area is 152 Å². The van der Waals surface area contributed by atoms with Gasteiger partial charge in [0.2, 0.25) is 0 Å². The molecule has 126 valence electrons. The van der Waals surface area contributed by atoms with Crippen molar-refractivity contribution in [2.45, 2.75) is 12.8 Å². The molecule has 25 heavy (non-hydrogen) atoms. The van der Waals surface area contributed by atoms with Crippen LogP contribution in [0.5, 0.6) is 0 Å². The summed E-state index contributed by atoms with van der Waals surface area (Å²) in [5.74, 6) is 5.03. The van der Waals surface area contributed by atoms with Gasteiger partial charge in [0, 0.05) is 37.8 Å². The van der Waals surface area contributed by atoms with Gasteiger partial charge < -0.3 is 9.47 Å². The molecule has 0 atom stereocenters. The molecule has 5 heteroatoms. The van der Waals surface area contributed by atoms with E-state index in [1.54, 1.807) is 6.20 Å². The molecule has 1 saturated heterocycles. The van der Waals surface area contributed by atoms with E-state index in [2.05, 4.69) is 26.4 Å². The lowest BCUT2D eigenvalue weighted by Crippen LogP contribution is -2.33. The molecule has 0 N–H and O–H groups in total. The largest absolute Gasteiger partial charge is 0.357 e. The SMILES string of the molecule is C#CC1CCN(c2cc(-c3nc4ccccc4n3C)c(Cl)cn2)CC1. The molecular formula is C20H19ClN4. The van der Waals surface area contributed by atoms with Gasteiger partial charge in [-0.25, -0.2) is 9.97 Å². The van der Waals surface area contributed by atoms with Gasteiger partial charge in [-0.3, -0.25) is 0 Å². The summed E-state index contributed by atoms with van der Waals surface area (Å²) in [4.78, 5) is 11.6. The van der Waals surface area contributed by atoms with Crippen LogP contribution in [0.15, 0.2) is 36.5 Å². The summed E-state index contributed by atoms with van der Waals surface area (Å²) in [7, 11) is 2.01. The molecule has 0 spiro atoms. The maximum atomic E-state index is 6.45. The molecule has 0 saturated carbocycles. The molecule has 4 rings (SSSR count). The Morgan fingerprint density at radius 2 is 2.00 bits per heavy atom. The molecule has 1 aromatic carbocycles. The van der Waals surface area contributed by atoms with E-state index in [4.69, 9.17) is 23.0 Å². The third-order valence-electron chi connectivity index (χ3n) is 4.92. The van der Waals surface area contributed by atoms with Crippen LogP contribution in [0.3, 0.4) is 0 Å². The zero-order valence-corrected chi connectivity index (χ0v) is 14.9. The van der Waals surface area contributed by atoms with E-state index in [0.717, 1.165) is 54.2 Å². The maximum Gasteiger partial charge on any atom is 0.142 e. The maximum absolute atomic E-state index is 6.45. The summed E-state index contributed by atoms with van der Waals surface area (Å²) in [6.45, 7) is 1.84. The van der Waals surface area contributed by atoms with Crippen LogP contribution in [0.1, 0.15) is 12.8 Å². The number of piperidine rings is 1. The molecular weight excluding hydrogens is 332 g/mol. The topological polar surface area (TPSA) is 34.0 Å². The van der Waals surface area contributed by atoms with Crippen LogP contribution in [0.4, 0.5) is 5.82 Å². The van der Waals surface area contributed by atoms with Crippen molar-refractivity contribution in [1.82, 2.24) is 14.5 Å². The average molecular weight is 351 g/mol. The van der Waals surface area contributed by atoms with Crippen molar-refractivity contribution >= 4 is 28.5 Å². The fourth-order valence-electron chi connectivity index (χ4n) is 3.43. The van der Waals surface area contributed by atoms with E-state index in [-0.39, 0.29) is 0 Å². The first kappa shape index (κ1) is 16.0. The highest BCUT2D eigenvalue weighted by Gasteiger charge is 2.20. The number of hydrogen-bond acceptors (Lipinski definition) is 3. The van der Waals surface area contributed by atoms with Crippen LogP contribution in [-0.4, -0.2) is 27.6 Å². The minimum atomic E-state index is 0.378. The number of aryl methyl sites for hydroxylation is 1. The first-order valence-corrected chi connectivity index (χ1v) is 8.83. The molecule has 3 heterocycles. The normalized spacial score (nSPS) is 15.5. The molecule has 2 aromatic heterocycles. The molecule has 3 aromatic rings. The second-order valence-corrected chi connectivity index (χ2v) is 6.84. The lowest BCUT2D eigenvalue weighted by Gasteiger charge is -2.31. The number of terminal acetylenes is 1. The minimum absolute atomic E-state index is 0.378. The number of anilines is 1. The van der Waals surface area contributed by atoms with E-state index in [0.29, 0.717) is 10.9 Å². The summed E-state index contributed by atoms with van der Waals surface area (Å²) in [6, 6.07) is 10.1. The second kappa shape index (κ2) is 6.42. The molecule has 0 aliphatic carbocycles. The quantitative estimate of drug-likeness (QED) is 0.651. The zero-order valence-electron chi connectivity index (χ0n) is 14.1. The molecule has 4 nitrogen and oxygen atoms in total. The Balaban J connectivity index is 1.73. The molecule has 0 radical (unpaired) electrons. The van der Waals surface area contributed by atoms with Gasteiger partial charge in [-0.2, -0.15) is 0 Å². The number of para-hydroxylation sites is 2. The first-order valence-electron chi connectivity index (χ1n) is 8.46. The number of fused-ring (bicyclic) bond motifs is 1. The summed E-state index contributed by atoms with van der Waals surface area (Å²) >= 11 is 6.45. The monoisotopic (exact) mass is 350 g/mol. The highest BCUT2D eigenvalue weighted by atomic mass is 35.5. The van der Waals surface area contributed by atoms with Crippen LogP contribution < -0.4 is 4.90 Å². The Hall–Kier alpha value is -2.51. The van der Waals surface area contributed by atoms with Crippen molar-refractivity contribution in [2.75, 3.05) is 18.0 Å². The van der Waals surface area contributed by atoms with Crippen molar-refractivity contribution in [2.24, 2.45) is 13.0 Å². The third-order valence-corrected chi connectivity index (χ3v) is 5.22. The van der Waals surface area contributed by atoms with E-state index < -0.39 is 0 Å². The van der Waals surface area contributed by atoms with E-state index in [9.17, 15) is 0 Å². The highest BCUT2D eigenvalue weighted by Crippen LogP contribution is 2.32. The van der Waals surface area contributed by atoms with E-state index >= 15 is 0 Å². The van der Waals surface area contributed by atoms with Crippen molar-refractivity contribution < 1.29 is 0 Å².